The van der Waals surface area contributed by atoms with E-state index in [4.69, 9.17) is 9.94 Å². The molecule has 1 aromatic carbocycles. The van der Waals surface area contributed by atoms with E-state index in [1.807, 2.05) is 0 Å². The van der Waals surface area contributed by atoms with Gasteiger partial charge in [-0.1, -0.05) is 6.07 Å². The molecule has 0 unspecified atom stereocenters. The summed E-state index contributed by atoms with van der Waals surface area (Å²) in [5, 5.41) is 11.0. The molecule has 1 rings (SSSR count). The van der Waals surface area contributed by atoms with Crippen LogP contribution in [0.4, 0.5) is 4.39 Å². The third-order valence-corrected chi connectivity index (χ3v) is 1.62. The first-order valence-electron chi connectivity index (χ1n) is 3.76. The van der Waals surface area contributed by atoms with Gasteiger partial charge < -0.3 is 9.94 Å². The quantitative estimate of drug-likeness (QED) is 0.441. The van der Waals surface area contributed by atoms with Crippen molar-refractivity contribution in [2.24, 2.45) is 5.16 Å². The van der Waals surface area contributed by atoms with Crippen molar-refractivity contribution in [2.75, 3.05) is 7.11 Å². The van der Waals surface area contributed by atoms with Crippen LogP contribution in [-0.2, 0) is 6.42 Å². The van der Waals surface area contributed by atoms with Crippen LogP contribution in [0.3, 0.4) is 0 Å². The highest BCUT2D eigenvalue weighted by atomic mass is 19.1. The zero-order chi connectivity index (χ0) is 9.68. The lowest BCUT2D eigenvalue weighted by Crippen LogP contribution is -1.92. The van der Waals surface area contributed by atoms with Crippen LogP contribution in [0.1, 0.15) is 5.56 Å². The summed E-state index contributed by atoms with van der Waals surface area (Å²) in [7, 11) is 1.41. The smallest absolute Gasteiger partial charge is 0.165 e. The molecule has 0 aliphatic carbocycles. The fourth-order valence-corrected chi connectivity index (χ4v) is 0.977. The number of hydrogen-bond acceptors (Lipinski definition) is 3. The van der Waals surface area contributed by atoms with Crippen molar-refractivity contribution in [3.8, 4) is 5.75 Å². The standard InChI is InChI=1S/C9H10FNO2/c1-13-9-6-7(4-5-11-12)2-3-8(9)10/h2-3,5-6,12H,4H2,1H3/b11-5-. The van der Waals surface area contributed by atoms with Gasteiger partial charge in [0.1, 0.15) is 0 Å². The number of ether oxygens (including phenoxy) is 1. The Balaban J connectivity index is 2.86. The number of oxime groups is 1. The number of rotatable bonds is 3. The molecule has 0 saturated heterocycles. The Morgan fingerprint density at radius 1 is 1.62 bits per heavy atom. The van der Waals surface area contributed by atoms with E-state index < -0.39 is 5.82 Å². The van der Waals surface area contributed by atoms with Crippen molar-refractivity contribution >= 4 is 6.21 Å². The van der Waals surface area contributed by atoms with Gasteiger partial charge in [-0.05, 0) is 17.7 Å². The normalized spacial score (nSPS) is 10.6. The molecule has 0 aliphatic heterocycles. The summed E-state index contributed by atoms with van der Waals surface area (Å²) in [4.78, 5) is 0. The molecular weight excluding hydrogens is 173 g/mol. The Labute approximate surface area is 75.4 Å². The Bertz CT molecular complexity index is 312. The molecule has 0 spiro atoms. The summed E-state index contributed by atoms with van der Waals surface area (Å²) in [6, 6.07) is 4.50. The molecule has 0 aromatic heterocycles. The SMILES string of the molecule is COc1cc(C/C=N\O)ccc1F. The molecule has 0 aliphatic rings. The fourth-order valence-electron chi connectivity index (χ4n) is 0.977. The maximum Gasteiger partial charge on any atom is 0.165 e. The van der Waals surface area contributed by atoms with Crippen LogP contribution in [0.25, 0.3) is 0 Å². The Kier molecular flexibility index (Phi) is 3.25. The van der Waals surface area contributed by atoms with Gasteiger partial charge in [-0.25, -0.2) is 4.39 Å². The minimum Gasteiger partial charge on any atom is -0.494 e. The van der Waals surface area contributed by atoms with Crippen LogP contribution in [0.2, 0.25) is 0 Å². The summed E-state index contributed by atoms with van der Waals surface area (Å²) in [6.45, 7) is 0. The van der Waals surface area contributed by atoms with Crippen molar-refractivity contribution < 1.29 is 14.3 Å². The highest BCUT2D eigenvalue weighted by molar-refractivity contribution is 5.61. The predicted molar refractivity (Wildman–Crippen MR) is 46.9 cm³/mol. The third kappa shape index (κ3) is 2.43. The van der Waals surface area contributed by atoms with Crippen LogP contribution in [0.5, 0.6) is 5.75 Å². The molecule has 13 heavy (non-hydrogen) atoms. The third-order valence-electron chi connectivity index (χ3n) is 1.62. The largest absolute Gasteiger partial charge is 0.494 e. The average molecular weight is 183 g/mol. The first kappa shape index (κ1) is 9.51. The molecule has 3 nitrogen and oxygen atoms in total. The first-order valence-corrected chi connectivity index (χ1v) is 3.76. The molecule has 0 atom stereocenters. The second-order valence-corrected chi connectivity index (χ2v) is 2.47. The molecule has 0 radical (unpaired) electrons. The lowest BCUT2D eigenvalue weighted by molar-refractivity contribution is 0.320. The minimum atomic E-state index is -0.396. The molecule has 4 heteroatoms. The first-order chi connectivity index (χ1) is 6.27. The van der Waals surface area contributed by atoms with E-state index in [9.17, 15) is 4.39 Å². The van der Waals surface area contributed by atoms with Crippen LogP contribution in [0.15, 0.2) is 23.4 Å². The molecule has 1 aromatic rings. The van der Waals surface area contributed by atoms with Gasteiger partial charge in [-0.3, -0.25) is 0 Å². The highest BCUT2D eigenvalue weighted by Gasteiger charge is 2.01. The van der Waals surface area contributed by atoms with E-state index in [0.717, 1.165) is 5.56 Å². The predicted octanol–water partition coefficient (Wildman–Crippen LogP) is 1.84. The summed E-state index contributed by atoms with van der Waals surface area (Å²) in [6.07, 6.45) is 1.78. The topological polar surface area (TPSA) is 41.8 Å². The zero-order valence-corrected chi connectivity index (χ0v) is 7.20. The number of halogens is 1. The molecule has 0 bridgehead atoms. The average Bonchev–Trinajstić information content (AvgIpc) is 2.16. The van der Waals surface area contributed by atoms with Crippen molar-refractivity contribution in [3.05, 3.63) is 29.6 Å². The number of nitrogens with zero attached hydrogens (tertiary/aromatic N) is 1. The Morgan fingerprint density at radius 2 is 2.38 bits per heavy atom. The Morgan fingerprint density at radius 3 is 3.00 bits per heavy atom. The van der Waals surface area contributed by atoms with E-state index in [0.29, 0.717) is 6.42 Å². The van der Waals surface area contributed by atoms with Gasteiger partial charge in [0.15, 0.2) is 11.6 Å². The van der Waals surface area contributed by atoms with E-state index in [2.05, 4.69) is 5.16 Å². The molecule has 0 fully saturated rings. The molecule has 0 heterocycles. The summed E-state index contributed by atoms with van der Waals surface area (Å²) >= 11 is 0. The summed E-state index contributed by atoms with van der Waals surface area (Å²) < 4.78 is 17.7. The van der Waals surface area contributed by atoms with Crippen LogP contribution in [0, 0.1) is 5.82 Å². The van der Waals surface area contributed by atoms with Crippen molar-refractivity contribution in [2.45, 2.75) is 6.42 Å². The lowest BCUT2D eigenvalue weighted by atomic mass is 10.1. The van der Waals surface area contributed by atoms with E-state index in [1.54, 1.807) is 12.1 Å². The van der Waals surface area contributed by atoms with Crippen LogP contribution >= 0.6 is 0 Å². The van der Waals surface area contributed by atoms with Gasteiger partial charge in [0.05, 0.1) is 7.11 Å². The van der Waals surface area contributed by atoms with Gasteiger partial charge >= 0.3 is 0 Å². The molecule has 0 amide bonds. The highest BCUT2D eigenvalue weighted by Crippen LogP contribution is 2.17. The number of hydrogen-bond donors (Lipinski definition) is 1. The van der Waals surface area contributed by atoms with Gasteiger partial charge in [0.2, 0.25) is 0 Å². The van der Waals surface area contributed by atoms with Crippen molar-refractivity contribution in [3.63, 3.8) is 0 Å². The Hall–Kier alpha value is -1.58. The second-order valence-electron chi connectivity index (χ2n) is 2.47. The lowest BCUT2D eigenvalue weighted by Gasteiger charge is -2.02. The summed E-state index contributed by atoms with van der Waals surface area (Å²) in [5.41, 5.74) is 0.830. The van der Waals surface area contributed by atoms with E-state index in [1.165, 1.54) is 19.4 Å². The van der Waals surface area contributed by atoms with Crippen LogP contribution in [-0.4, -0.2) is 18.5 Å². The maximum atomic E-state index is 12.9. The monoisotopic (exact) mass is 183 g/mol. The molecule has 70 valence electrons. The fraction of sp³-hybridized carbons (Fsp3) is 0.222. The van der Waals surface area contributed by atoms with Gasteiger partial charge in [0, 0.05) is 12.6 Å². The van der Waals surface area contributed by atoms with Crippen LogP contribution < -0.4 is 4.74 Å². The van der Waals surface area contributed by atoms with Crippen molar-refractivity contribution in [1.82, 2.24) is 0 Å². The number of benzene rings is 1. The zero-order valence-electron chi connectivity index (χ0n) is 7.20. The molecule has 1 N–H and O–H groups in total. The maximum absolute atomic E-state index is 12.9. The van der Waals surface area contributed by atoms with Gasteiger partial charge in [-0.15, -0.1) is 5.16 Å². The van der Waals surface area contributed by atoms with Gasteiger partial charge in [0.25, 0.3) is 0 Å². The summed E-state index contributed by atoms with van der Waals surface area (Å²) in [5.74, 6) is -0.198. The van der Waals surface area contributed by atoms with Gasteiger partial charge in [-0.2, -0.15) is 0 Å². The second kappa shape index (κ2) is 4.45. The van der Waals surface area contributed by atoms with E-state index >= 15 is 0 Å². The number of methoxy groups -OCH3 is 1. The minimum absolute atomic E-state index is 0.198. The van der Waals surface area contributed by atoms with E-state index in [-0.39, 0.29) is 5.75 Å². The molecule has 0 saturated carbocycles. The van der Waals surface area contributed by atoms with Crippen molar-refractivity contribution in [1.29, 1.82) is 0 Å². The molecular formula is C9H10FNO2.